The van der Waals surface area contributed by atoms with Crippen LogP contribution in [0.5, 0.6) is 0 Å². The fourth-order valence-electron chi connectivity index (χ4n) is 2.42. The maximum absolute atomic E-state index is 10.7. The molecule has 12 heteroatoms. The lowest BCUT2D eigenvalue weighted by Gasteiger charge is -2.19. The zero-order valence-corrected chi connectivity index (χ0v) is 11.7. The minimum absolute atomic E-state index is 0.183. The van der Waals surface area contributed by atoms with E-state index >= 15 is 0 Å². The molecule has 0 bridgehead atoms. The van der Waals surface area contributed by atoms with Crippen molar-refractivity contribution in [3.05, 3.63) is 12.7 Å². The normalized spacial score (nSPS) is 27.4. The Morgan fingerprint density at radius 2 is 2.26 bits per heavy atom. The Morgan fingerprint density at radius 1 is 1.48 bits per heavy atom. The number of anilines is 1. The Morgan fingerprint density at radius 3 is 2.96 bits per heavy atom. The molecule has 2 amide bonds. The summed E-state index contributed by atoms with van der Waals surface area (Å²) in [4.78, 5) is 27.7. The van der Waals surface area contributed by atoms with E-state index in [4.69, 9.17) is 21.0 Å². The van der Waals surface area contributed by atoms with E-state index in [1.54, 1.807) is 0 Å². The molecule has 2 unspecified atom stereocenters. The number of nitrogens with one attached hydrogen (secondary N) is 1. The fourth-order valence-corrected chi connectivity index (χ4v) is 2.42. The third-order valence-corrected chi connectivity index (χ3v) is 3.45. The summed E-state index contributed by atoms with van der Waals surface area (Å²) in [7, 11) is 0. The van der Waals surface area contributed by atoms with Crippen LogP contribution < -0.4 is 16.9 Å². The van der Waals surface area contributed by atoms with E-state index in [1.807, 2.05) is 5.48 Å². The Balaban J connectivity index is 1.90. The van der Waals surface area contributed by atoms with Crippen molar-refractivity contribution in [2.75, 3.05) is 12.3 Å². The number of urea groups is 1. The van der Waals surface area contributed by atoms with E-state index in [9.17, 15) is 15.0 Å². The SMILES string of the molecule is NC(=O)NOC1C(O)[C@H](n2cnc3c(N)ncnc32)O[C@@H]1CO. The number of hydrogen-bond donors (Lipinski definition) is 5. The molecular formula is C11H15N7O5. The predicted molar refractivity (Wildman–Crippen MR) is 74.3 cm³/mol. The standard InChI is InChI=1S/C11H15N7O5/c12-8-5-9(15-2-14-8)18(3-16-5)10-6(20)7(4(1-19)22-10)23-17-11(13)21/h2-4,6-7,10,19-20H,1H2,(H2,12,14,15)(H3,13,17,21)/t4-,6?,7?,10-/m1/s1. The van der Waals surface area contributed by atoms with E-state index in [-0.39, 0.29) is 5.82 Å². The third-order valence-electron chi connectivity index (χ3n) is 3.45. The Labute approximate surface area is 129 Å². The van der Waals surface area contributed by atoms with Crippen LogP contribution in [-0.4, -0.2) is 60.7 Å². The summed E-state index contributed by atoms with van der Waals surface area (Å²) >= 11 is 0. The van der Waals surface area contributed by atoms with Gasteiger partial charge in [-0.3, -0.25) is 9.40 Å². The van der Waals surface area contributed by atoms with Gasteiger partial charge in [-0.1, -0.05) is 0 Å². The van der Waals surface area contributed by atoms with Gasteiger partial charge in [-0.25, -0.2) is 25.2 Å². The molecule has 3 rings (SSSR count). The van der Waals surface area contributed by atoms with Crippen molar-refractivity contribution in [2.45, 2.75) is 24.5 Å². The van der Waals surface area contributed by atoms with E-state index in [0.29, 0.717) is 11.2 Å². The van der Waals surface area contributed by atoms with Gasteiger partial charge in [0.2, 0.25) is 0 Å². The number of rotatable bonds is 4. The smallest absolute Gasteiger partial charge is 0.336 e. The molecule has 12 nitrogen and oxygen atoms in total. The molecular weight excluding hydrogens is 310 g/mol. The number of nitrogens with zero attached hydrogens (tertiary/aromatic N) is 4. The number of amides is 2. The molecule has 1 aliphatic heterocycles. The van der Waals surface area contributed by atoms with E-state index in [2.05, 4.69) is 15.0 Å². The van der Waals surface area contributed by atoms with Gasteiger partial charge in [0.25, 0.3) is 0 Å². The lowest BCUT2D eigenvalue weighted by molar-refractivity contribution is -0.0839. The second kappa shape index (κ2) is 5.92. The molecule has 1 fully saturated rings. The van der Waals surface area contributed by atoms with Gasteiger partial charge >= 0.3 is 6.03 Å². The summed E-state index contributed by atoms with van der Waals surface area (Å²) in [5, 5.41) is 19.7. The largest absolute Gasteiger partial charge is 0.394 e. The van der Waals surface area contributed by atoms with Crippen LogP contribution in [0.3, 0.4) is 0 Å². The van der Waals surface area contributed by atoms with E-state index in [1.165, 1.54) is 17.2 Å². The summed E-state index contributed by atoms with van der Waals surface area (Å²) < 4.78 is 7.00. The predicted octanol–water partition coefficient (Wildman–Crippen LogP) is -2.37. The third kappa shape index (κ3) is 2.63. The van der Waals surface area contributed by atoms with Crippen molar-refractivity contribution in [1.29, 1.82) is 0 Å². The Bertz CT molecular complexity index is 722. The molecule has 2 aromatic rings. The molecule has 0 spiro atoms. The number of hydroxylamine groups is 1. The van der Waals surface area contributed by atoms with Gasteiger partial charge in [-0.15, -0.1) is 0 Å². The van der Waals surface area contributed by atoms with Gasteiger partial charge in [0.15, 0.2) is 17.7 Å². The number of aliphatic hydroxyl groups is 2. The highest BCUT2D eigenvalue weighted by Gasteiger charge is 2.46. The van der Waals surface area contributed by atoms with Crippen LogP contribution in [-0.2, 0) is 9.57 Å². The van der Waals surface area contributed by atoms with Crippen LogP contribution in [0.1, 0.15) is 6.23 Å². The van der Waals surface area contributed by atoms with Gasteiger partial charge in [-0.2, -0.15) is 0 Å². The summed E-state index contributed by atoms with van der Waals surface area (Å²) in [6.45, 7) is -0.442. The van der Waals surface area contributed by atoms with Gasteiger partial charge in [0.05, 0.1) is 12.9 Å². The van der Waals surface area contributed by atoms with Crippen LogP contribution >= 0.6 is 0 Å². The van der Waals surface area contributed by atoms with Crippen molar-refractivity contribution >= 4 is 23.0 Å². The van der Waals surface area contributed by atoms with Crippen molar-refractivity contribution < 1.29 is 24.6 Å². The minimum atomic E-state index is -1.23. The van der Waals surface area contributed by atoms with Crippen LogP contribution in [0.4, 0.5) is 10.6 Å². The van der Waals surface area contributed by atoms with Crippen LogP contribution in [0.2, 0.25) is 0 Å². The Hall–Kier alpha value is -2.54. The summed E-state index contributed by atoms with van der Waals surface area (Å²) in [6.07, 6.45) is -1.48. The molecule has 0 saturated carbocycles. The molecule has 1 saturated heterocycles. The van der Waals surface area contributed by atoms with Crippen molar-refractivity contribution in [3.63, 3.8) is 0 Å². The molecule has 0 radical (unpaired) electrons. The number of carbonyl (C=O) groups is 1. The number of hydrogen-bond acceptors (Lipinski definition) is 9. The highest BCUT2D eigenvalue weighted by molar-refractivity contribution is 5.81. The summed E-state index contributed by atoms with van der Waals surface area (Å²) in [5.74, 6) is 0.183. The first-order valence-electron chi connectivity index (χ1n) is 6.61. The number of nitrogens with two attached hydrogens (primary N) is 2. The second-order valence-corrected chi connectivity index (χ2v) is 4.87. The molecule has 3 heterocycles. The average Bonchev–Trinajstić information content (AvgIpc) is 3.07. The van der Waals surface area contributed by atoms with E-state index < -0.39 is 37.2 Å². The van der Waals surface area contributed by atoms with Gasteiger partial charge in [0.1, 0.15) is 30.2 Å². The number of fused-ring (bicyclic) bond motifs is 1. The van der Waals surface area contributed by atoms with Crippen LogP contribution in [0.15, 0.2) is 12.7 Å². The first-order valence-corrected chi connectivity index (χ1v) is 6.61. The van der Waals surface area contributed by atoms with Crippen molar-refractivity contribution in [3.8, 4) is 0 Å². The number of nitrogen functional groups attached to an aromatic ring is 1. The number of aliphatic hydroxyl groups excluding tert-OH is 2. The molecule has 23 heavy (non-hydrogen) atoms. The summed E-state index contributed by atoms with van der Waals surface area (Å²) in [5.41, 5.74) is 13.2. The Kier molecular flexibility index (Phi) is 3.96. The molecule has 1 aliphatic rings. The number of aromatic nitrogens is 4. The first kappa shape index (κ1) is 15.4. The lowest BCUT2D eigenvalue weighted by atomic mass is 10.1. The number of carbonyl (C=O) groups excluding carboxylic acids is 1. The van der Waals surface area contributed by atoms with Gasteiger partial charge in [0, 0.05) is 0 Å². The van der Waals surface area contributed by atoms with Crippen molar-refractivity contribution in [1.82, 2.24) is 25.0 Å². The number of primary amides is 1. The zero-order chi connectivity index (χ0) is 16.6. The minimum Gasteiger partial charge on any atom is -0.394 e. The first-order chi connectivity index (χ1) is 11.0. The molecule has 0 aromatic carbocycles. The molecule has 4 atom stereocenters. The molecule has 0 aliphatic carbocycles. The quantitative estimate of drug-likeness (QED) is 0.383. The van der Waals surface area contributed by atoms with Gasteiger partial charge in [-0.05, 0) is 0 Å². The zero-order valence-electron chi connectivity index (χ0n) is 11.7. The number of ether oxygens (including phenoxy) is 1. The maximum Gasteiger partial charge on any atom is 0.336 e. The van der Waals surface area contributed by atoms with Crippen molar-refractivity contribution in [2.24, 2.45) is 5.73 Å². The number of imidazole rings is 1. The molecule has 124 valence electrons. The van der Waals surface area contributed by atoms with Gasteiger partial charge < -0.3 is 26.4 Å². The maximum atomic E-state index is 10.7. The van der Waals surface area contributed by atoms with E-state index in [0.717, 1.165) is 0 Å². The molecule has 2 aromatic heterocycles. The topological polar surface area (TPSA) is 184 Å². The molecule has 7 N–H and O–H groups in total. The fraction of sp³-hybridized carbons (Fsp3) is 0.455. The lowest BCUT2D eigenvalue weighted by Crippen LogP contribution is -2.43. The highest BCUT2D eigenvalue weighted by atomic mass is 16.7. The monoisotopic (exact) mass is 325 g/mol. The highest BCUT2D eigenvalue weighted by Crippen LogP contribution is 2.32. The van der Waals surface area contributed by atoms with Crippen LogP contribution in [0, 0.1) is 0 Å². The average molecular weight is 325 g/mol. The summed E-state index contributed by atoms with van der Waals surface area (Å²) in [6, 6.07) is -0.939. The van der Waals surface area contributed by atoms with Crippen LogP contribution in [0.25, 0.3) is 11.2 Å². The second-order valence-electron chi connectivity index (χ2n) is 4.87.